The molecular formula is C19H24N2O3. The maximum absolute atomic E-state index is 12.5. The molecule has 0 saturated heterocycles. The summed E-state index contributed by atoms with van der Waals surface area (Å²) in [6.45, 7) is 7.54. The number of carboxylic acids is 1. The Morgan fingerprint density at radius 3 is 2.38 bits per heavy atom. The van der Waals surface area contributed by atoms with Crippen molar-refractivity contribution in [3.8, 4) is 6.07 Å². The number of nitriles is 1. The van der Waals surface area contributed by atoms with Gasteiger partial charge in [-0.1, -0.05) is 26.0 Å². The molecule has 1 saturated carbocycles. The first-order valence-electron chi connectivity index (χ1n) is 8.17. The van der Waals surface area contributed by atoms with Gasteiger partial charge in [-0.25, -0.2) is 0 Å². The molecule has 128 valence electrons. The first-order valence-corrected chi connectivity index (χ1v) is 8.17. The monoisotopic (exact) mass is 328 g/mol. The molecule has 2 atom stereocenters. The van der Waals surface area contributed by atoms with Crippen molar-refractivity contribution < 1.29 is 14.7 Å². The Bertz CT molecular complexity index is 686. The van der Waals surface area contributed by atoms with Gasteiger partial charge in [-0.2, -0.15) is 5.26 Å². The molecule has 1 aliphatic rings. The van der Waals surface area contributed by atoms with Gasteiger partial charge in [0.1, 0.15) is 0 Å². The predicted octanol–water partition coefficient (Wildman–Crippen LogP) is 2.74. The first-order chi connectivity index (χ1) is 11.1. The molecule has 24 heavy (non-hydrogen) atoms. The summed E-state index contributed by atoms with van der Waals surface area (Å²) in [4.78, 5) is 24.1. The number of amides is 1. The number of carbonyl (C=O) groups is 2. The van der Waals surface area contributed by atoms with Crippen molar-refractivity contribution in [3.05, 3.63) is 35.4 Å². The van der Waals surface area contributed by atoms with E-state index in [-0.39, 0.29) is 11.8 Å². The van der Waals surface area contributed by atoms with Crippen LogP contribution in [0, 0.1) is 28.6 Å². The Hall–Kier alpha value is -2.35. The lowest BCUT2D eigenvalue weighted by Gasteiger charge is -2.27. The van der Waals surface area contributed by atoms with Crippen LogP contribution in [0.25, 0.3) is 0 Å². The van der Waals surface area contributed by atoms with Gasteiger partial charge in [-0.15, -0.1) is 0 Å². The van der Waals surface area contributed by atoms with Crippen LogP contribution in [-0.4, -0.2) is 22.5 Å². The van der Waals surface area contributed by atoms with E-state index >= 15 is 0 Å². The molecule has 0 spiro atoms. The van der Waals surface area contributed by atoms with E-state index in [0.29, 0.717) is 18.4 Å². The fraction of sp³-hybridized carbons (Fsp3) is 0.526. The molecule has 0 heterocycles. The molecule has 2 N–H and O–H groups in total. The number of aliphatic carboxylic acids is 1. The van der Waals surface area contributed by atoms with Gasteiger partial charge < -0.3 is 10.4 Å². The van der Waals surface area contributed by atoms with Crippen molar-refractivity contribution in [2.24, 2.45) is 17.3 Å². The van der Waals surface area contributed by atoms with E-state index < -0.39 is 22.8 Å². The zero-order valence-corrected chi connectivity index (χ0v) is 14.6. The second kappa shape index (κ2) is 6.27. The normalized spacial score (nSPS) is 22.8. The fourth-order valence-electron chi connectivity index (χ4n) is 3.40. The molecule has 0 bridgehead atoms. The summed E-state index contributed by atoms with van der Waals surface area (Å²) >= 11 is 0. The molecule has 1 amide bonds. The third-order valence-corrected chi connectivity index (χ3v) is 4.94. The topological polar surface area (TPSA) is 90.2 Å². The van der Waals surface area contributed by atoms with Crippen LogP contribution in [0.5, 0.6) is 0 Å². The van der Waals surface area contributed by atoms with Crippen LogP contribution in [0.15, 0.2) is 24.3 Å². The highest BCUT2D eigenvalue weighted by molar-refractivity contribution is 5.93. The summed E-state index contributed by atoms with van der Waals surface area (Å²) in [5, 5.41) is 21.3. The fourth-order valence-corrected chi connectivity index (χ4v) is 3.40. The predicted molar refractivity (Wildman–Crippen MR) is 90.1 cm³/mol. The molecule has 5 heteroatoms. The van der Waals surface area contributed by atoms with Gasteiger partial charge in [-0.05, 0) is 50.3 Å². The van der Waals surface area contributed by atoms with Crippen LogP contribution in [0.1, 0.15) is 45.2 Å². The Kier molecular flexibility index (Phi) is 4.70. The van der Waals surface area contributed by atoms with Crippen LogP contribution in [0.4, 0.5) is 0 Å². The smallest absolute Gasteiger partial charge is 0.310 e. The van der Waals surface area contributed by atoms with E-state index in [1.807, 2.05) is 39.8 Å². The number of nitrogens with zero attached hydrogens (tertiary/aromatic N) is 1. The summed E-state index contributed by atoms with van der Waals surface area (Å²) in [5.74, 6) is -1.62. The van der Waals surface area contributed by atoms with E-state index in [1.54, 1.807) is 12.1 Å². The highest BCUT2D eigenvalue weighted by Gasteiger charge is 2.65. The molecule has 5 nitrogen and oxygen atoms in total. The van der Waals surface area contributed by atoms with Gasteiger partial charge in [0, 0.05) is 5.54 Å². The van der Waals surface area contributed by atoms with E-state index in [0.717, 1.165) is 5.56 Å². The van der Waals surface area contributed by atoms with Gasteiger partial charge in [0.05, 0.1) is 23.0 Å². The number of carboxylic acid groups (broad SMARTS) is 1. The number of rotatable bonds is 6. The minimum Gasteiger partial charge on any atom is -0.481 e. The van der Waals surface area contributed by atoms with Crippen LogP contribution in [-0.2, 0) is 16.0 Å². The number of nitrogens with one attached hydrogen (secondary N) is 1. The lowest BCUT2D eigenvalue weighted by Crippen LogP contribution is -2.47. The molecule has 1 aromatic rings. The second-order valence-electron chi connectivity index (χ2n) is 7.62. The maximum atomic E-state index is 12.5. The maximum Gasteiger partial charge on any atom is 0.310 e. The van der Waals surface area contributed by atoms with Crippen LogP contribution in [0.2, 0.25) is 0 Å². The highest BCUT2D eigenvalue weighted by atomic mass is 16.4. The van der Waals surface area contributed by atoms with Crippen molar-refractivity contribution in [1.29, 1.82) is 5.26 Å². The number of hydrogen-bond acceptors (Lipinski definition) is 3. The standard InChI is InChI=1S/C19H24N2O3/c1-12(2)19(17(23)24)10-15(19)16(22)21-18(3,4)9-13-5-7-14(11-20)8-6-13/h5-8,12,15H,9-10H2,1-4H3,(H,21,22)(H,23,24). The minimum atomic E-state index is -0.922. The molecular weight excluding hydrogens is 304 g/mol. The second-order valence-corrected chi connectivity index (χ2v) is 7.62. The molecule has 0 aliphatic heterocycles. The van der Waals surface area contributed by atoms with Gasteiger partial charge in [-0.3, -0.25) is 9.59 Å². The molecule has 0 aromatic heterocycles. The minimum absolute atomic E-state index is 0.0765. The van der Waals surface area contributed by atoms with Crippen LogP contribution >= 0.6 is 0 Å². The largest absolute Gasteiger partial charge is 0.481 e. The molecule has 1 fully saturated rings. The summed E-state index contributed by atoms with van der Waals surface area (Å²) < 4.78 is 0. The van der Waals surface area contributed by atoms with E-state index in [4.69, 9.17) is 5.26 Å². The Balaban J connectivity index is 2.02. The molecule has 2 unspecified atom stereocenters. The number of benzene rings is 1. The zero-order chi connectivity index (χ0) is 18.1. The van der Waals surface area contributed by atoms with E-state index in [1.165, 1.54) is 0 Å². The Labute approximate surface area is 142 Å². The molecule has 2 rings (SSSR count). The van der Waals surface area contributed by atoms with Crippen molar-refractivity contribution in [2.75, 3.05) is 0 Å². The molecule has 0 radical (unpaired) electrons. The third-order valence-electron chi connectivity index (χ3n) is 4.94. The molecule has 1 aliphatic carbocycles. The van der Waals surface area contributed by atoms with Crippen LogP contribution < -0.4 is 5.32 Å². The summed E-state index contributed by atoms with van der Waals surface area (Å²) in [5.41, 5.74) is 0.203. The van der Waals surface area contributed by atoms with Crippen molar-refractivity contribution in [2.45, 2.75) is 46.1 Å². The summed E-state index contributed by atoms with van der Waals surface area (Å²) in [6.07, 6.45) is 1.01. The van der Waals surface area contributed by atoms with Crippen molar-refractivity contribution >= 4 is 11.9 Å². The van der Waals surface area contributed by atoms with Crippen LogP contribution in [0.3, 0.4) is 0 Å². The number of carbonyl (C=O) groups excluding carboxylic acids is 1. The van der Waals surface area contributed by atoms with Crippen molar-refractivity contribution in [3.63, 3.8) is 0 Å². The average molecular weight is 328 g/mol. The van der Waals surface area contributed by atoms with Gasteiger partial charge in [0.25, 0.3) is 0 Å². The van der Waals surface area contributed by atoms with Gasteiger partial charge in [0.2, 0.25) is 5.91 Å². The lowest BCUT2D eigenvalue weighted by atomic mass is 9.89. The van der Waals surface area contributed by atoms with E-state index in [2.05, 4.69) is 11.4 Å². The highest BCUT2D eigenvalue weighted by Crippen LogP contribution is 2.58. The zero-order valence-electron chi connectivity index (χ0n) is 14.6. The van der Waals surface area contributed by atoms with Gasteiger partial charge >= 0.3 is 5.97 Å². The third kappa shape index (κ3) is 3.43. The summed E-state index contributed by atoms with van der Waals surface area (Å²) in [6, 6.07) is 9.33. The average Bonchev–Trinajstić information content (AvgIpc) is 3.24. The SMILES string of the molecule is CC(C)C1(C(=O)O)CC1C(=O)NC(C)(C)Cc1ccc(C#N)cc1. The van der Waals surface area contributed by atoms with Crippen molar-refractivity contribution in [1.82, 2.24) is 5.32 Å². The number of hydrogen-bond donors (Lipinski definition) is 2. The van der Waals surface area contributed by atoms with E-state index in [9.17, 15) is 14.7 Å². The molecule has 1 aromatic carbocycles. The summed E-state index contributed by atoms with van der Waals surface area (Å²) in [7, 11) is 0. The lowest BCUT2D eigenvalue weighted by molar-refractivity contribution is -0.147. The Morgan fingerprint density at radius 2 is 1.96 bits per heavy atom. The first kappa shape index (κ1) is 18.0. The van der Waals surface area contributed by atoms with Gasteiger partial charge in [0.15, 0.2) is 0 Å². The Morgan fingerprint density at radius 1 is 1.38 bits per heavy atom. The quantitative estimate of drug-likeness (QED) is 0.840.